The highest BCUT2D eigenvalue weighted by Gasteiger charge is 2.16. The van der Waals surface area contributed by atoms with Gasteiger partial charge in [0.25, 0.3) is 0 Å². The fourth-order valence-corrected chi connectivity index (χ4v) is 2.05. The minimum atomic E-state index is -0.285. The van der Waals surface area contributed by atoms with E-state index >= 15 is 0 Å². The fraction of sp³-hybridized carbons (Fsp3) is 0.562. The van der Waals surface area contributed by atoms with E-state index < -0.39 is 0 Å². The van der Waals surface area contributed by atoms with Crippen LogP contribution in [0.4, 0.5) is 9.18 Å². The summed E-state index contributed by atoms with van der Waals surface area (Å²) in [6.07, 6.45) is 0. The Hall–Kier alpha value is -1.58. The van der Waals surface area contributed by atoms with Gasteiger partial charge < -0.3 is 10.2 Å². The number of carbonyl (C=O) groups excluding carboxylic acids is 1. The van der Waals surface area contributed by atoms with Crippen molar-refractivity contribution in [3.8, 4) is 0 Å². The van der Waals surface area contributed by atoms with Crippen LogP contribution >= 0.6 is 0 Å². The van der Waals surface area contributed by atoms with Crippen LogP contribution in [-0.4, -0.2) is 24.0 Å². The number of nitrogens with one attached hydrogen (secondary N) is 1. The van der Waals surface area contributed by atoms with E-state index in [2.05, 4.69) is 33.0 Å². The highest BCUT2D eigenvalue weighted by molar-refractivity contribution is 5.74. The van der Waals surface area contributed by atoms with E-state index in [0.29, 0.717) is 30.5 Å². The molecule has 1 N–H and O–H groups in total. The van der Waals surface area contributed by atoms with Gasteiger partial charge in [-0.25, -0.2) is 9.18 Å². The van der Waals surface area contributed by atoms with E-state index in [9.17, 15) is 9.18 Å². The molecule has 0 spiro atoms. The molecular weight excluding hydrogens is 255 g/mol. The van der Waals surface area contributed by atoms with Crippen LogP contribution in [0, 0.1) is 17.7 Å². The zero-order valence-corrected chi connectivity index (χ0v) is 12.8. The Labute approximate surface area is 121 Å². The van der Waals surface area contributed by atoms with Crippen molar-refractivity contribution in [3.63, 3.8) is 0 Å². The molecule has 0 saturated heterocycles. The Morgan fingerprint density at radius 1 is 1.15 bits per heavy atom. The lowest BCUT2D eigenvalue weighted by atomic mass is 10.1. The molecular formula is C16H25FN2O. The van der Waals surface area contributed by atoms with Gasteiger partial charge in [-0.15, -0.1) is 0 Å². The van der Waals surface area contributed by atoms with E-state index in [1.54, 1.807) is 23.1 Å². The summed E-state index contributed by atoms with van der Waals surface area (Å²) in [5.74, 6) is 0.535. The van der Waals surface area contributed by atoms with Gasteiger partial charge in [-0.05, 0) is 17.9 Å². The minimum absolute atomic E-state index is 0.129. The van der Waals surface area contributed by atoms with Gasteiger partial charge in [0, 0.05) is 25.2 Å². The monoisotopic (exact) mass is 280 g/mol. The molecule has 0 saturated carbocycles. The molecule has 4 heteroatoms. The third-order valence-electron chi connectivity index (χ3n) is 2.85. The van der Waals surface area contributed by atoms with Gasteiger partial charge in [-0.3, -0.25) is 0 Å². The summed E-state index contributed by atoms with van der Waals surface area (Å²) in [5.41, 5.74) is 0.509. The Kier molecular flexibility index (Phi) is 6.49. The molecule has 1 aromatic rings. The normalized spacial score (nSPS) is 10.9. The lowest BCUT2D eigenvalue weighted by Gasteiger charge is -2.26. The summed E-state index contributed by atoms with van der Waals surface area (Å²) < 4.78 is 13.5. The van der Waals surface area contributed by atoms with Crippen LogP contribution in [0.25, 0.3) is 0 Å². The van der Waals surface area contributed by atoms with Gasteiger partial charge in [0.05, 0.1) is 0 Å². The van der Waals surface area contributed by atoms with Gasteiger partial charge in [0.15, 0.2) is 0 Å². The van der Waals surface area contributed by atoms with Crippen molar-refractivity contribution in [3.05, 3.63) is 35.6 Å². The third-order valence-corrected chi connectivity index (χ3v) is 2.85. The van der Waals surface area contributed by atoms with Crippen LogP contribution < -0.4 is 5.32 Å². The van der Waals surface area contributed by atoms with Gasteiger partial charge in [-0.2, -0.15) is 0 Å². The summed E-state index contributed by atoms with van der Waals surface area (Å²) in [5, 5.41) is 2.80. The highest BCUT2D eigenvalue weighted by Crippen LogP contribution is 2.07. The molecule has 2 amide bonds. The van der Waals surface area contributed by atoms with E-state index in [1.807, 2.05) is 0 Å². The number of hydrogen-bond donors (Lipinski definition) is 1. The summed E-state index contributed by atoms with van der Waals surface area (Å²) in [6.45, 7) is 9.96. The van der Waals surface area contributed by atoms with Crippen LogP contribution in [0.2, 0.25) is 0 Å². The van der Waals surface area contributed by atoms with Crippen LogP contribution in [-0.2, 0) is 6.54 Å². The summed E-state index contributed by atoms with van der Waals surface area (Å²) in [4.78, 5) is 14.0. The number of benzene rings is 1. The largest absolute Gasteiger partial charge is 0.334 e. The second-order valence-electron chi connectivity index (χ2n) is 5.94. The first kappa shape index (κ1) is 16.5. The van der Waals surface area contributed by atoms with Crippen molar-refractivity contribution < 1.29 is 9.18 Å². The predicted octanol–water partition coefficient (Wildman–Crippen LogP) is 3.65. The number of rotatable bonds is 6. The molecule has 0 aromatic heterocycles. The summed E-state index contributed by atoms with van der Waals surface area (Å²) in [6, 6.07) is 6.37. The minimum Gasteiger partial charge on any atom is -0.334 e. The van der Waals surface area contributed by atoms with Crippen molar-refractivity contribution in [1.29, 1.82) is 0 Å². The van der Waals surface area contributed by atoms with Crippen LogP contribution in [0.5, 0.6) is 0 Å². The van der Waals surface area contributed by atoms with Crippen molar-refractivity contribution in [2.75, 3.05) is 13.1 Å². The maximum Gasteiger partial charge on any atom is 0.317 e. The quantitative estimate of drug-likeness (QED) is 0.847. The van der Waals surface area contributed by atoms with Crippen molar-refractivity contribution >= 4 is 6.03 Å². The highest BCUT2D eigenvalue weighted by atomic mass is 19.1. The smallest absolute Gasteiger partial charge is 0.317 e. The zero-order valence-electron chi connectivity index (χ0n) is 12.8. The number of amides is 2. The molecule has 0 atom stereocenters. The van der Waals surface area contributed by atoms with E-state index in [4.69, 9.17) is 0 Å². The van der Waals surface area contributed by atoms with Crippen molar-refractivity contribution in [1.82, 2.24) is 10.2 Å². The SMILES string of the molecule is CC(C)CN(CC(C)C)C(=O)NCc1ccccc1F. The maximum atomic E-state index is 13.5. The second-order valence-corrected chi connectivity index (χ2v) is 5.94. The maximum absolute atomic E-state index is 13.5. The Bertz CT molecular complexity index is 422. The molecule has 0 radical (unpaired) electrons. The first-order valence-electron chi connectivity index (χ1n) is 7.16. The van der Waals surface area contributed by atoms with Crippen LogP contribution in [0.3, 0.4) is 0 Å². The van der Waals surface area contributed by atoms with E-state index in [0.717, 1.165) is 0 Å². The standard InChI is InChI=1S/C16H25FN2O/c1-12(2)10-19(11-13(3)4)16(20)18-9-14-7-5-6-8-15(14)17/h5-8,12-13H,9-11H2,1-4H3,(H,18,20). The average Bonchev–Trinajstić information content (AvgIpc) is 2.35. The number of urea groups is 1. The molecule has 3 nitrogen and oxygen atoms in total. The number of carbonyl (C=O) groups is 1. The molecule has 112 valence electrons. The Morgan fingerprint density at radius 3 is 2.20 bits per heavy atom. The molecule has 0 bridgehead atoms. The molecule has 0 fully saturated rings. The van der Waals surface area contributed by atoms with Crippen LogP contribution in [0.15, 0.2) is 24.3 Å². The van der Waals surface area contributed by atoms with Crippen molar-refractivity contribution in [2.45, 2.75) is 34.2 Å². The molecule has 0 aliphatic rings. The van der Waals surface area contributed by atoms with E-state index in [1.165, 1.54) is 6.07 Å². The number of halogens is 1. The molecule has 20 heavy (non-hydrogen) atoms. The van der Waals surface area contributed by atoms with E-state index in [-0.39, 0.29) is 18.4 Å². The average molecular weight is 280 g/mol. The topological polar surface area (TPSA) is 32.3 Å². The number of hydrogen-bond acceptors (Lipinski definition) is 1. The van der Waals surface area contributed by atoms with Gasteiger partial charge in [-0.1, -0.05) is 45.9 Å². The molecule has 1 rings (SSSR count). The van der Waals surface area contributed by atoms with Crippen molar-refractivity contribution in [2.24, 2.45) is 11.8 Å². The third kappa shape index (κ3) is 5.59. The predicted molar refractivity (Wildman–Crippen MR) is 79.9 cm³/mol. The molecule has 0 unspecified atom stereocenters. The molecule has 0 heterocycles. The van der Waals surface area contributed by atoms with Crippen LogP contribution in [0.1, 0.15) is 33.3 Å². The van der Waals surface area contributed by atoms with Gasteiger partial charge in [0.1, 0.15) is 5.82 Å². The van der Waals surface area contributed by atoms with Gasteiger partial charge >= 0.3 is 6.03 Å². The fourth-order valence-electron chi connectivity index (χ4n) is 2.05. The zero-order chi connectivity index (χ0) is 15.1. The summed E-state index contributed by atoms with van der Waals surface area (Å²) in [7, 11) is 0. The first-order valence-corrected chi connectivity index (χ1v) is 7.16. The Balaban J connectivity index is 2.59. The lowest BCUT2D eigenvalue weighted by Crippen LogP contribution is -2.43. The summed E-state index contributed by atoms with van der Waals surface area (Å²) >= 11 is 0. The second kappa shape index (κ2) is 7.88. The van der Waals surface area contributed by atoms with Gasteiger partial charge in [0.2, 0.25) is 0 Å². The lowest BCUT2D eigenvalue weighted by molar-refractivity contribution is 0.182. The molecule has 1 aromatic carbocycles. The number of nitrogens with zero attached hydrogens (tertiary/aromatic N) is 1. The molecule has 0 aliphatic heterocycles. The molecule has 0 aliphatic carbocycles. The Morgan fingerprint density at radius 2 is 1.70 bits per heavy atom. The first-order chi connectivity index (χ1) is 9.40.